The van der Waals surface area contributed by atoms with Gasteiger partial charge in [-0.3, -0.25) is 15.1 Å². The first kappa shape index (κ1) is 32.2. The zero-order valence-electron chi connectivity index (χ0n) is 26.0. The fraction of sp³-hybridized carbons (Fsp3) is 0.162. The highest BCUT2D eigenvalue weighted by molar-refractivity contribution is 5.90. The van der Waals surface area contributed by atoms with Crippen molar-refractivity contribution >= 4 is 17.3 Å². The Morgan fingerprint density at radius 2 is 1.60 bits per heavy atom. The van der Waals surface area contributed by atoms with E-state index in [1.54, 1.807) is 55.7 Å². The number of nitro benzene ring substituents is 1. The number of esters is 1. The molecule has 10 nitrogen and oxygen atoms in total. The lowest BCUT2D eigenvalue weighted by molar-refractivity contribution is -0.385. The van der Waals surface area contributed by atoms with Crippen LogP contribution in [-0.2, 0) is 24.2 Å². The largest absolute Gasteiger partial charge is 0.493 e. The molecule has 47 heavy (non-hydrogen) atoms. The number of carbonyl (C=O) groups is 1. The van der Waals surface area contributed by atoms with Crippen LogP contribution in [0.25, 0.3) is 0 Å². The SMILES string of the molecule is COC(=O)c1cc(OCCc2cccnc2)cc(Oc2ccc(CN(Cc3ccc(C#N)cc3)c3cccc([N+](=O)[O-])c3C)cc2)c1. The second kappa shape index (κ2) is 15.2. The minimum atomic E-state index is -0.512. The summed E-state index contributed by atoms with van der Waals surface area (Å²) in [6, 6.07) is 30.7. The number of ether oxygens (including phenoxy) is 3. The number of carbonyl (C=O) groups excluding carboxylic acids is 1. The molecule has 0 radical (unpaired) electrons. The quantitative estimate of drug-likeness (QED) is 0.0736. The number of nitrogens with zero attached hydrogens (tertiary/aromatic N) is 4. The van der Waals surface area contributed by atoms with Crippen LogP contribution in [0.1, 0.15) is 38.2 Å². The van der Waals surface area contributed by atoms with E-state index in [-0.39, 0.29) is 10.6 Å². The molecule has 1 heterocycles. The molecule has 5 aromatic rings. The molecular weight excluding hydrogens is 596 g/mol. The Hall–Kier alpha value is -6.21. The number of hydrogen-bond donors (Lipinski definition) is 0. The zero-order valence-corrected chi connectivity index (χ0v) is 26.0. The summed E-state index contributed by atoms with van der Waals surface area (Å²) in [6.45, 7) is 3.05. The third-order valence-electron chi connectivity index (χ3n) is 7.49. The molecule has 0 unspecified atom stereocenters. The second-order valence-corrected chi connectivity index (χ2v) is 10.7. The van der Waals surface area contributed by atoms with E-state index in [4.69, 9.17) is 14.2 Å². The number of pyridine rings is 1. The first-order valence-corrected chi connectivity index (χ1v) is 14.8. The Kier molecular flexibility index (Phi) is 10.4. The number of rotatable bonds is 13. The fourth-order valence-corrected chi connectivity index (χ4v) is 5.09. The molecule has 0 saturated carbocycles. The Balaban J connectivity index is 1.34. The number of nitriles is 1. The lowest BCUT2D eigenvalue weighted by atomic mass is 10.1. The summed E-state index contributed by atoms with van der Waals surface area (Å²) in [4.78, 5) is 29.9. The third-order valence-corrected chi connectivity index (χ3v) is 7.49. The molecule has 10 heteroatoms. The molecule has 0 N–H and O–H groups in total. The first-order chi connectivity index (χ1) is 22.8. The lowest BCUT2D eigenvalue weighted by Gasteiger charge is -2.27. The highest BCUT2D eigenvalue weighted by Crippen LogP contribution is 2.32. The summed E-state index contributed by atoms with van der Waals surface area (Å²) in [5, 5.41) is 20.9. The molecule has 0 aliphatic heterocycles. The van der Waals surface area contributed by atoms with Crippen LogP contribution in [0, 0.1) is 28.4 Å². The van der Waals surface area contributed by atoms with Crippen molar-refractivity contribution in [1.82, 2.24) is 4.98 Å². The van der Waals surface area contributed by atoms with Gasteiger partial charge in [-0.15, -0.1) is 0 Å². The van der Waals surface area contributed by atoms with Gasteiger partial charge in [0, 0.05) is 49.7 Å². The molecular formula is C37H32N4O6. The standard InChI is InChI=1S/C37H32N4O6/c1-26-35(6-3-7-36(26)41(43)44)40(24-29-10-8-27(22-38)9-11-29)25-30-12-14-32(15-13-30)47-34-20-31(37(42)45-2)19-33(21-34)46-18-16-28-5-4-17-39-23-28/h3-15,17,19-21,23H,16,18,24-25H2,1-2H3. The molecule has 0 fully saturated rings. The highest BCUT2D eigenvalue weighted by Gasteiger charge is 2.19. The average molecular weight is 629 g/mol. The Labute approximate surface area is 272 Å². The summed E-state index contributed by atoms with van der Waals surface area (Å²) in [5.74, 6) is 0.907. The van der Waals surface area contributed by atoms with E-state index in [1.807, 2.05) is 54.6 Å². The van der Waals surface area contributed by atoms with Gasteiger partial charge in [0.25, 0.3) is 5.69 Å². The van der Waals surface area contributed by atoms with Gasteiger partial charge in [-0.25, -0.2) is 4.79 Å². The number of methoxy groups -OCH3 is 1. The Bertz CT molecular complexity index is 1890. The van der Waals surface area contributed by atoms with Crippen molar-refractivity contribution in [2.75, 3.05) is 18.6 Å². The fourth-order valence-electron chi connectivity index (χ4n) is 5.09. The number of nitro groups is 1. The van der Waals surface area contributed by atoms with Gasteiger partial charge in [0.15, 0.2) is 0 Å². The molecule has 0 aliphatic rings. The van der Waals surface area contributed by atoms with Crippen molar-refractivity contribution in [2.45, 2.75) is 26.4 Å². The molecule has 0 spiro atoms. The minimum absolute atomic E-state index is 0.0469. The van der Waals surface area contributed by atoms with Crippen molar-refractivity contribution in [3.8, 4) is 23.3 Å². The molecule has 0 atom stereocenters. The molecule has 1 aromatic heterocycles. The van der Waals surface area contributed by atoms with E-state index in [2.05, 4.69) is 16.0 Å². The summed E-state index contributed by atoms with van der Waals surface area (Å²) in [5.41, 5.74) is 5.13. The van der Waals surface area contributed by atoms with Gasteiger partial charge in [-0.05, 0) is 72.1 Å². The summed E-state index contributed by atoms with van der Waals surface area (Å²) >= 11 is 0. The molecule has 0 saturated heterocycles. The van der Waals surface area contributed by atoms with Gasteiger partial charge in [0.1, 0.15) is 17.2 Å². The van der Waals surface area contributed by atoms with Crippen molar-refractivity contribution < 1.29 is 23.9 Å². The number of aromatic nitrogens is 1. The van der Waals surface area contributed by atoms with Crippen LogP contribution >= 0.6 is 0 Å². The molecule has 0 amide bonds. The molecule has 5 rings (SSSR count). The van der Waals surface area contributed by atoms with Crippen LogP contribution in [0.3, 0.4) is 0 Å². The van der Waals surface area contributed by atoms with Crippen molar-refractivity contribution in [3.05, 3.63) is 153 Å². The summed E-state index contributed by atoms with van der Waals surface area (Å²) in [7, 11) is 1.32. The van der Waals surface area contributed by atoms with Crippen molar-refractivity contribution in [2.24, 2.45) is 0 Å². The van der Waals surface area contributed by atoms with Gasteiger partial charge in [-0.1, -0.05) is 36.4 Å². The predicted octanol–water partition coefficient (Wildman–Crippen LogP) is 7.58. The van der Waals surface area contributed by atoms with Gasteiger partial charge in [0.05, 0.1) is 41.4 Å². The van der Waals surface area contributed by atoms with E-state index in [0.717, 1.165) is 22.4 Å². The van der Waals surface area contributed by atoms with E-state index in [1.165, 1.54) is 13.2 Å². The normalized spacial score (nSPS) is 10.5. The molecule has 0 aliphatic carbocycles. The number of anilines is 1. The lowest BCUT2D eigenvalue weighted by Crippen LogP contribution is -2.23. The Morgan fingerprint density at radius 3 is 2.23 bits per heavy atom. The van der Waals surface area contributed by atoms with Crippen molar-refractivity contribution in [1.29, 1.82) is 5.26 Å². The van der Waals surface area contributed by atoms with Crippen LogP contribution in [0.4, 0.5) is 11.4 Å². The first-order valence-electron chi connectivity index (χ1n) is 14.8. The van der Waals surface area contributed by atoms with Crippen LogP contribution in [0.2, 0.25) is 0 Å². The molecule has 236 valence electrons. The second-order valence-electron chi connectivity index (χ2n) is 10.7. The number of hydrogen-bond acceptors (Lipinski definition) is 9. The van der Waals surface area contributed by atoms with Crippen LogP contribution < -0.4 is 14.4 Å². The molecule has 4 aromatic carbocycles. The smallest absolute Gasteiger partial charge is 0.338 e. The third kappa shape index (κ3) is 8.49. The molecule has 0 bridgehead atoms. The van der Waals surface area contributed by atoms with Gasteiger partial charge < -0.3 is 19.1 Å². The predicted molar refractivity (Wildman–Crippen MR) is 177 cm³/mol. The van der Waals surface area contributed by atoms with E-state index >= 15 is 0 Å². The summed E-state index contributed by atoms with van der Waals surface area (Å²) < 4.78 is 17.0. The van der Waals surface area contributed by atoms with E-state index < -0.39 is 5.97 Å². The average Bonchev–Trinajstić information content (AvgIpc) is 3.09. The van der Waals surface area contributed by atoms with Gasteiger partial charge in [0.2, 0.25) is 0 Å². The van der Waals surface area contributed by atoms with Gasteiger partial charge in [-0.2, -0.15) is 5.26 Å². The highest BCUT2D eigenvalue weighted by atomic mass is 16.6. The Morgan fingerprint density at radius 1 is 0.894 bits per heavy atom. The minimum Gasteiger partial charge on any atom is -0.493 e. The maximum absolute atomic E-state index is 12.4. The topological polar surface area (TPSA) is 128 Å². The monoisotopic (exact) mass is 628 g/mol. The summed E-state index contributed by atoms with van der Waals surface area (Å²) in [6.07, 6.45) is 4.14. The van der Waals surface area contributed by atoms with Crippen LogP contribution in [0.15, 0.2) is 109 Å². The van der Waals surface area contributed by atoms with Crippen molar-refractivity contribution in [3.63, 3.8) is 0 Å². The van der Waals surface area contributed by atoms with Gasteiger partial charge >= 0.3 is 5.97 Å². The van der Waals surface area contributed by atoms with Crippen LogP contribution in [0.5, 0.6) is 17.2 Å². The maximum atomic E-state index is 12.4. The van der Waals surface area contributed by atoms with E-state index in [9.17, 15) is 20.2 Å². The number of benzene rings is 4. The van der Waals surface area contributed by atoms with Crippen LogP contribution in [-0.4, -0.2) is 29.6 Å². The maximum Gasteiger partial charge on any atom is 0.338 e. The zero-order chi connectivity index (χ0) is 33.2. The van der Waals surface area contributed by atoms with E-state index in [0.29, 0.717) is 60.1 Å².